The van der Waals surface area contributed by atoms with Crippen LogP contribution in [0.3, 0.4) is 0 Å². The lowest BCUT2D eigenvalue weighted by Gasteiger charge is -2.12. The Kier molecular flexibility index (Phi) is 8.54. The third-order valence-electron chi connectivity index (χ3n) is 3.83. The Morgan fingerprint density at radius 1 is 1.04 bits per heavy atom. The van der Waals surface area contributed by atoms with E-state index in [1.165, 1.54) is 0 Å². The predicted octanol–water partition coefficient (Wildman–Crippen LogP) is 4.19. The van der Waals surface area contributed by atoms with Crippen LogP contribution in [0, 0.1) is 0 Å². The van der Waals surface area contributed by atoms with E-state index in [0.717, 1.165) is 29.9 Å². The van der Waals surface area contributed by atoms with Gasteiger partial charge in [-0.05, 0) is 55.6 Å². The monoisotopic (exact) mass is 417 g/mol. The minimum atomic E-state index is 0.00282. The van der Waals surface area contributed by atoms with Gasteiger partial charge < -0.3 is 14.4 Å². The summed E-state index contributed by atoms with van der Waals surface area (Å²) in [7, 11) is 3.75. The largest absolute Gasteiger partial charge is 0.490 e. The molecule has 4 nitrogen and oxygen atoms in total. The molecule has 0 spiro atoms. The van der Waals surface area contributed by atoms with Crippen molar-refractivity contribution in [1.82, 2.24) is 4.90 Å². The number of ether oxygens (including phenoxy) is 2. The molecule has 0 amide bonds. The number of ketones is 1. The molecule has 0 atom stereocenters. The average molecular weight is 418 g/mol. The van der Waals surface area contributed by atoms with Gasteiger partial charge in [0.05, 0.1) is 6.61 Å². The lowest BCUT2D eigenvalue weighted by Crippen LogP contribution is -2.22. The van der Waals surface area contributed by atoms with E-state index in [9.17, 15) is 4.79 Å². The van der Waals surface area contributed by atoms with Crippen molar-refractivity contribution in [2.24, 2.45) is 0 Å². The third-order valence-corrected chi connectivity index (χ3v) is 4.36. The van der Waals surface area contributed by atoms with E-state index in [2.05, 4.69) is 26.9 Å². The molecule has 2 aromatic rings. The Balaban J connectivity index is 1.80. The fourth-order valence-corrected chi connectivity index (χ4v) is 2.54. The number of carbonyl (C=O) groups is 1. The molecule has 0 saturated carbocycles. The second kappa shape index (κ2) is 10.9. The first-order valence-electron chi connectivity index (χ1n) is 8.46. The maximum absolute atomic E-state index is 12.4. The van der Waals surface area contributed by atoms with Crippen molar-refractivity contribution in [3.8, 4) is 5.75 Å². The lowest BCUT2D eigenvalue weighted by atomic mass is 10.0. The molecule has 0 aliphatic carbocycles. The van der Waals surface area contributed by atoms with E-state index in [1.807, 2.05) is 49.5 Å². The number of rotatable bonds is 10. The van der Waals surface area contributed by atoms with Crippen LogP contribution in [0.15, 0.2) is 65.2 Å². The van der Waals surface area contributed by atoms with Crippen LogP contribution in [-0.4, -0.2) is 51.1 Å². The molecular weight excluding hydrogens is 394 g/mol. The van der Waals surface area contributed by atoms with Crippen molar-refractivity contribution in [2.75, 3.05) is 40.5 Å². The summed E-state index contributed by atoms with van der Waals surface area (Å²) in [5.41, 5.74) is 1.32. The van der Waals surface area contributed by atoms with Crippen molar-refractivity contribution in [3.63, 3.8) is 0 Å². The zero-order chi connectivity index (χ0) is 18.8. The highest BCUT2D eigenvalue weighted by Gasteiger charge is 2.08. The van der Waals surface area contributed by atoms with Crippen molar-refractivity contribution in [3.05, 3.63) is 76.3 Å². The molecule has 2 rings (SSSR count). The molecule has 26 heavy (non-hydrogen) atoms. The molecule has 0 fully saturated rings. The van der Waals surface area contributed by atoms with Gasteiger partial charge >= 0.3 is 0 Å². The van der Waals surface area contributed by atoms with Crippen LogP contribution < -0.4 is 4.74 Å². The predicted molar refractivity (Wildman–Crippen MR) is 108 cm³/mol. The smallest absolute Gasteiger partial charge is 0.193 e. The molecule has 0 aromatic heterocycles. The molecule has 0 unspecified atom stereocenters. The van der Waals surface area contributed by atoms with Crippen LogP contribution in [0.2, 0.25) is 0 Å². The second-order valence-electron chi connectivity index (χ2n) is 5.90. The van der Waals surface area contributed by atoms with Crippen LogP contribution in [0.25, 0.3) is 0 Å². The van der Waals surface area contributed by atoms with Crippen LogP contribution in [0.5, 0.6) is 5.75 Å². The van der Waals surface area contributed by atoms with Crippen molar-refractivity contribution < 1.29 is 14.3 Å². The standard InChI is InChI=1S/C21H24BrNO3/c1-23(14-16-25-2)13-3-4-15-26-20-11-7-18(8-12-20)21(24)17-5-9-19(22)10-6-17/h3-12H,13-16H2,1-2H3. The number of halogens is 1. The first-order valence-corrected chi connectivity index (χ1v) is 9.25. The van der Waals surface area contributed by atoms with Gasteiger partial charge in [0.1, 0.15) is 12.4 Å². The van der Waals surface area contributed by atoms with E-state index < -0.39 is 0 Å². The van der Waals surface area contributed by atoms with Gasteiger partial charge in [-0.15, -0.1) is 0 Å². The summed E-state index contributed by atoms with van der Waals surface area (Å²) >= 11 is 3.37. The Morgan fingerprint density at radius 3 is 2.27 bits per heavy atom. The Labute approximate surface area is 163 Å². The quantitative estimate of drug-likeness (QED) is 0.429. The molecule has 0 radical (unpaired) electrons. The maximum atomic E-state index is 12.4. The van der Waals surface area contributed by atoms with E-state index in [0.29, 0.717) is 17.7 Å². The van der Waals surface area contributed by atoms with E-state index in [-0.39, 0.29) is 5.78 Å². The number of methoxy groups -OCH3 is 1. The van der Waals surface area contributed by atoms with E-state index in [1.54, 1.807) is 19.2 Å². The summed E-state index contributed by atoms with van der Waals surface area (Å²) in [4.78, 5) is 14.6. The van der Waals surface area contributed by atoms with Crippen LogP contribution in [0.1, 0.15) is 15.9 Å². The minimum Gasteiger partial charge on any atom is -0.490 e. The van der Waals surface area contributed by atoms with Gasteiger partial charge in [-0.2, -0.15) is 0 Å². The minimum absolute atomic E-state index is 0.00282. The van der Waals surface area contributed by atoms with Gasteiger partial charge in [-0.3, -0.25) is 4.79 Å². The number of likely N-dealkylation sites (N-methyl/N-ethyl adjacent to an activating group) is 1. The van der Waals surface area contributed by atoms with Gasteiger partial charge in [0.15, 0.2) is 5.78 Å². The summed E-state index contributed by atoms with van der Waals surface area (Å²) in [6.07, 6.45) is 4.06. The van der Waals surface area contributed by atoms with Gasteiger partial charge in [-0.1, -0.05) is 28.1 Å². The van der Waals surface area contributed by atoms with Gasteiger partial charge in [-0.25, -0.2) is 0 Å². The van der Waals surface area contributed by atoms with E-state index in [4.69, 9.17) is 9.47 Å². The highest BCUT2D eigenvalue weighted by atomic mass is 79.9. The molecule has 138 valence electrons. The highest BCUT2D eigenvalue weighted by molar-refractivity contribution is 9.10. The SMILES string of the molecule is COCCN(C)CC=CCOc1ccc(C(=O)c2ccc(Br)cc2)cc1. The normalized spacial score (nSPS) is 11.2. The van der Waals surface area contributed by atoms with Crippen molar-refractivity contribution in [1.29, 1.82) is 0 Å². The Hall–Kier alpha value is -1.95. The number of nitrogens with zero attached hydrogens (tertiary/aromatic N) is 1. The molecular formula is C21H24BrNO3. The molecule has 0 heterocycles. The second-order valence-corrected chi connectivity index (χ2v) is 6.81. The topological polar surface area (TPSA) is 38.8 Å². The Morgan fingerprint density at radius 2 is 1.65 bits per heavy atom. The third kappa shape index (κ3) is 6.75. The number of benzene rings is 2. The Bertz CT molecular complexity index is 711. The zero-order valence-electron chi connectivity index (χ0n) is 15.2. The summed E-state index contributed by atoms with van der Waals surface area (Å²) in [6, 6.07) is 14.6. The summed E-state index contributed by atoms with van der Waals surface area (Å²) in [6.45, 7) is 2.98. The van der Waals surface area contributed by atoms with Crippen LogP contribution >= 0.6 is 15.9 Å². The van der Waals surface area contributed by atoms with E-state index >= 15 is 0 Å². The average Bonchev–Trinajstić information content (AvgIpc) is 2.66. The summed E-state index contributed by atoms with van der Waals surface area (Å²) < 4.78 is 11.7. The molecule has 5 heteroatoms. The van der Waals surface area contributed by atoms with Crippen molar-refractivity contribution >= 4 is 21.7 Å². The molecule has 0 aliphatic rings. The molecule has 0 saturated heterocycles. The summed E-state index contributed by atoms with van der Waals surface area (Å²) in [5.74, 6) is 0.748. The number of carbonyl (C=O) groups excluding carboxylic acids is 1. The highest BCUT2D eigenvalue weighted by Crippen LogP contribution is 2.17. The number of hydrogen-bond donors (Lipinski definition) is 0. The van der Waals surface area contributed by atoms with Crippen LogP contribution in [-0.2, 0) is 4.74 Å². The zero-order valence-corrected chi connectivity index (χ0v) is 16.7. The van der Waals surface area contributed by atoms with Crippen molar-refractivity contribution in [2.45, 2.75) is 0 Å². The molecule has 0 bridgehead atoms. The lowest BCUT2D eigenvalue weighted by molar-refractivity contribution is 0.103. The van der Waals surface area contributed by atoms with Crippen LogP contribution in [0.4, 0.5) is 0 Å². The van der Waals surface area contributed by atoms with Gasteiger partial charge in [0, 0.05) is 35.8 Å². The maximum Gasteiger partial charge on any atom is 0.193 e. The summed E-state index contributed by atoms with van der Waals surface area (Å²) in [5, 5.41) is 0. The number of hydrogen-bond acceptors (Lipinski definition) is 4. The molecule has 2 aromatic carbocycles. The first-order chi connectivity index (χ1) is 12.6. The molecule has 0 aliphatic heterocycles. The molecule has 0 N–H and O–H groups in total. The van der Waals surface area contributed by atoms with Gasteiger partial charge in [0.25, 0.3) is 0 Å². The first kappa shape index (κ1) is 20.4. The fourth-order valence-electron chi connectivity index (χ4n) is 2.28. The fraction of sp³-hybridized carbons (Fsp3) is 0.286. The van der Waals surface area contributed by atoms with Gasteiger partial charge in [0.2, 0.25) is 0 Å².